The van der Waals surface area contributed by atoms with E-state index >= 15 is 0 Å². The molecular formula is C10H10FIO2. The fraction of sp³-hybridized carbons (Fsp3) is 0.300. The molecular weight excluding hydrogens is 298 g/mol. The van der Waals surface area contributed by atoms with Gasteiger partial charge in [-0.1, -0.05) is 0 Å². The molecule has 0 radical (unpaired) electrons. The van der Waals surface area contributed by atoms with E-state index in [0.717, 1.165) is 9.13 Å². The summed E-state index contributed by atoms with van der Waals surface area (Å²) in [5.41, 5.74) is 1.19. The van der Waals surface area contributed by atoms with Crippen LogP contribution in [0.2, 0.25) is 0 Å². The Bertz CT molecular complexity index is 340. The summed E-state index contributed by atoms with van der Waals surface area (Å²) in [5, 5.41) is 0. The van der Waals surface area contributed by atoms with Crippen LogP contribution in [-0.4, -0.2) is 13.1 Å². The van der Waals surface area contributed by atoms with Crippen molar-refractivity contribution in [3.05, 3.63) is 32.6 Å². The van der Waals surface area contributed by atoms with E-state index in [1.54, 1.807) is 6.92 Å². The Kier molecular flexibility index (Phi) is 3.86. The average Bonchev–Trinajstić information content (AvgIpc) is 2.10. The molecule has 0 saturated heterocycles. The second-order valence-corrected chi connectivity index (χ2v) is 4.18. The topological polar surface area (TPSA) is 26.3 Å². The van der Waals surface area contributed by atoms with Crippen molar-refractivity contribution in [1.29, 1.82) is 0 Å². The van der Waals surface area contributed by atoms with Gasteiger partial charge in [-0.15, -0.1) is 0 Å². The molecule has 2 nitrogen and oxygen atoms in total. The summed E-state index contributed by atoms with van der Waals surface area (Å²) >= 11 is 2.03. The van der Waals surface area contributed by atoms with Gasteiger partial charge >= 0.3 is 5.97 Å². The van der Waals surface area contributed by atoms with Crippen LogP contribution in [0.15, 0.2) is 12.1 Å². The van der Waals surface area contributed by atoms with Crippen LogP contribution in [0, 0.1) is 16.3 Å². The van der Waals surface area contributed by atoms with Gasteiger partial charge in [0, 0.05) is 9.13 Å². The fourth-order valence-corrected chi connectivity index (χ4v) is 1.91. The third kappa shape index (κ3) is 2.67. The highest BCUT2D eigenvalue weighted by Gasteiger charge is 2.11. The quantitative estimate of drug-likeness (QED) is 0.620. The highest BCUT2D eigenvalue weighted by atomic mass is 127. The smallest absolute Gasteiger partial charge is 0.310 e. The second kappa shape index (κ2) is 4.72. The third-order valence-corrected chi connectivity index (χ3v) is 2.55. The Morgan fingerprint density at radius 3 is 2.71 bits per heavy atom. The van der Waals surface area contributed by atoms with E-state index in [4.69, 9.17) is 0 Å². The van der Waals surface area contributed by atoms with Crippen LogP contribution >= 0.6 is 22.6 Å². The predicted octanol–water partition coefficient (Wildman–Crippen LogP) is 2.45. The first kappa shape index (κ1) is 11.4. The van der Waals surface area contributed by atoms with Gasteiger partial charge in [-0.05, 0) is 47.2 Å². The Hall–Kier alpha value is -0.650. The number of ether oxygens (including phenoxy) is 1. The van der Waals surface area contributed by atoms with Gasteiger partial charge in [0.25, 0.3) is 0 Å². The zero-order chi connectivity index (χ0) is 10.7. The molecule has 76 valence electrons. The van der Waals surface area contributed by atoms with Crippen molar-refractivity contribution in [2.45, 2.75) is 13.3 Å². The second-order valence-electron chi connectivity index (χ2n) is 2.94. The van der Waals surface area contributed by atoms with E-state index in [1.807, 2.05) is 28.7 Å². The summed E-state index contributed by atoms with van der Waals surface area (Å²) in [5.74, 6) is -0.770. The molecule has 0 aromatic heterocycles. The fourth-order valence-electron chi connectivity index (χ4n) is 1.17. The van der Waals surface area contributed by atoms with Gasteiger partial charge < -0.3 is 4.74 Å². The van der Waals surface area contributed by atoms with E-state index in [-0.39, 0.29) is 12.2 Å². The molecule has 0 fully saturated rings. The molecule has 0 spiro atoms. The molecule has 0 aliphatic heterocycles. The first-order valence-electron chi connectivity index (χ1n) is 4.06. The Labute approximate surface area is 95.6 Å². The van der Waals surface area contributed by atoms with Crippen molar-refractivity contribution in [1.82, 2.24) is 0 Å². The number of hydrogen-bond donors (Lipinski definition) is 0. The summed E-state index contributed by atoms with van der Waals surface area (Å²) in [6.45, 7) is 1.78. The lowest BCUT2D eigenvalue weighted by Gasteiger charge is -2.06. The van der Waals surface area contributed by atoms with E-state index in [0.29, 0.717) is 5.56 Å². The Morgan fingerprint density at radius 2 is 2.21 bits per heavy atom. The van der Waals surface area contributed by atoms with Crippen molar-refractivity contribution < 1.29 is 13.9 Å². The first-order chi connectivity index (χ1) is 6.54. The molecule has 1 aromatic rings. The molecule has 0 N–H and O–H groups in total. The molecule has 0 atom stereocenters. The molecule has 0 aliphatic rings. The van der Waals surface area contributed by atoms with Gasteiger partial charge in [0.2, 0.25) is 0 Å². The van der Waals surface area contributed by atoms with Crippen molar-refractivity contribution in [2.24, 2.45) is 0 Å². The van der Waals surface area contributed by atoms with Crippen LogP contribution in [-0.2, 0) is 16.0 Å². The maximum absolute atomic E-state index is 13.4. The van der Waals surface area contributed by atoms with Gasteiger partial charge in [0.1, 0.15) is 5.82 Å². The summed E-state index contributed by atoms with van der Waals surface area (Å²) in [4.78, 5) is 11.0. The maximum atomic E-state index is 13.4. The molecule has 0 aliphatic carbocycles. The van der Waals surface area contributed by atoms with Crippen molar-refractivity contribution in [3.8, 4) is 0 Å². The molecule has 0 saturated carbocycles. The average molecular weight is 308 g/mol. The van der Waals surface area contributed by atoms with Gasteiger partial charge in [0.05, 0.1) is 13.5 Å². The van der Waals surface area contributed by atoms with Crippen LogP contribution in [0.1, 0.15) is 11.1 Å². The lowest BCUT2D eigenvalue weighted by molar-refractivity contribution is -0.139. The molecule has 1 rings (SSSR count). The minimum Gasteiger partial charge on any atom is -0.469 e. The van der Waals surface area contributed by atoms with E-state index in [9.17, 15) is 9.18 Å². The lowest BCUT2D eigenvalue weighted by atomic mass is 10.1. The number of rotatable bonds is 2. The number of esters is 1. The number of methoxy groups -OCH3 is 1. The SMILES string of the molecule is COC(=O)Cc1c(C)cc(I)cc1F. The van der Waals surface area contributed by atoms with Gasteiger partial charge in [0.15, 0.2) is 0 Å². The van der Waals surface area contributed by atoms with Crippen LogP contribution in [0.4, 0.5) is 4.39 Å². The van der Waals surface area contributed by atoms with Crippen molar-refractivity contribution in [3.63, 3.8) is 0 Å². The number of carbonyl (C=O) groups excluding carboxylic acids is 1. The van der Waals surface area contributed by atoms with Crippen molar-refractivity contribution >= 4 is 28.6 Å². The molecule has 0 amide bonds. The number of aryl methyl sites for hydroxylation is 1. The maximum Gasteiger partial charge on any atom is 0.310 e. The van der Waals surface area contributed by atoms with Gasteiger partial charge in [-0.2, -0.15) is 0 Å². The summed E-state index contributed by atoms with van der Waals surface area (Å²) in [6.07, 6.45) is -0.00884. The zero-order valence-electron chi connectivity index (χ0n) is 7.93. The number of halogens is 2. The Balaban J connectivity index is 3.02. The number of carbonyl (C=O) groups is 1. The summed E-state index contributed by atoms with van der Waals surface area (Å²) in [7, 11) is 1.29. The van der Waals surface area contributed by atoms with Crippen LogP contribution < -0.4 is 0 Å². The third-order valence-electron chi connectivity index (χ3n) is 1.93. The summed E-state index contributed by atoms with van der Waals surface area (Å²) < 4.78 is 18.7. The van der Waals surface area contributed by atoms with Crippen molar-refractivity contribution in [2.75, 3.05) is 7.11 Å². The highest BCUT2D eigenvalue weighted by Crippen LogP contribution is 2.18. The van der Waals surface area contributed by atoms with Crippen LogP contribution in [0.5, 0.6) is 0 Å². The highest BCUT2D eigenvalue weighted by molar-refractivity contribution is 14.1. The molecule has 0 bridgehead atoms. The van der Waals surface area contributed by atoms with E-state index in [2.05, 4.69) is 4.74 Å². The normalized spacial score (nSPS) is 10.0. The zero-order valence-corrected chi connectivity index (χ0v) is 10.1. The van der Waals surface area contributed by atoms with Crippen LogP contribution in [0.3, 0.4) is 0 Å². The van der Waals surface area contributed by atoms with Gasteiger partial charge in [-0.3, -0.25) is 4.79 Å². The minimum absolute atomic E-state index is 0.00884. The first-order valence-corrected chi connectivity index (χ1v) is 5.14. The molecule has 14 heavy (non-hydrogen) atoms. The number of hydrogen-bond acceptors (Lipinski definition) is 2. The number of benzene rings is 1. The van der Waals surface area contributed by atoms with E-state index < -0.39 is 5.97 Å². The largest absolute Gasteiger partial charge is 0.469 e. The Morgan fingerprint density at radius 1 is 1.57 bits per heavy atom. The molecule has 0 unspecified atom stereocenters. The predicted molar refractivity (Wildman–Crippen MR) is 59.6 cm³/mol. The molecule has 1 aromatic carbocycles. The monoisotopic (exact) mass is 308 g/mol. The summed E-state index contributed by atoms with van der Waals surface area (Å²) in [6, 6.07) is 3.24. The standard InChI is InChI=1S/C10H10FIO2/c1-6-3-7(12)4-9(11)8(6)5-10(13)14-2/h3-4H,5H2,1-2H3. The van der Waals surface area contributed by atoms with E-state index in [1.165, 1.54) is 13.2 Å². The molecule has 4 heteroatoms. The van der Waals surface area contributed by atoms with Crippen LogP contribution in [0.25, 0.3) is 0 Å². The minimum atomic E-state index is -0.423. The van der Waals surface area contributed by atoms with Gasteiger partial charge in [-0.25, -0.2) is 4.39 Å². The lowest BCUT2D eigenvalue weighted by Crippen LogP contribution is -2.08. The molecule has 0 heterocycles.